The van der Waals surface area contributed by atoms with E-state index in [0.717, 1.165) is 12.1 Å². The van der Waals surface area contributed by atoms with E-state index in [-0.39, 0.29) is 0 Å². The zero-order chi connectivity index (χ0) is 14.1. The van der Waals surface area contributed by atoms with Gasteiger partial charge in [0.2, 0.25) is 0 Å². The highest BCUT2D eigenvalue weighted by Crippen LogP contribution is 2.30. The van der Waals surface area contributed by atoms with Gasteiger partial charge in [-0.3, -0.25) is 0 Å². The third-order valence-corrected chi connectivity index (χ3v) is 4.42. The van der Waals surface area contributed by atoms with E-state index in [1.807, 2.05) is 0 Å². The lowest BCUT2D eigenvalue weighted by atomic mass is 9.99. The van der Waals surface area contributed by atoms with Crippen LogP contribution in [0.15, 0.2) is 42.5 Å². The van der Waals surface area contributed by atoms with E-state index in [1.165, 1.54) is 21.2 Å². The molecule has 0 spiro atoms. The Balaban J connectivity index is 2.06. The molecule has 102 valence electrons. The smallest absolute Gasteiger partial charge is 0.180 e. The van der Waals surface area contributed by atoms with Gasteiger partial charge in [0.15, 0.2) is 5.13 Å². The number of rotatable bonds is 3. The molecule has 2 nitrogen and oxygen atoms in total. The average Bonchev–Trinajstić information content (AvgIpc) is 2.80. The maximum absolute atomic E-state index is 5.89. The van der Waals surface area contributed by atoms with Gasteiger partial charge in [0, 0.05) is 11.3 Å². The van der Waals surface area contributed by atoms with Crippen LogP contribution in [0.25, 0.3) is 10.8 Å². The molecule has 0 aliphatic carbocycles. The summed E-state index contributed by atoms with van der Waals surface area (Å²) in [6, 6.07) is 15.0. The molecule has 0 radical (unpaired) electrons. The lowest BCUT2D eigenvalue weighted by Gasteiger charge is -2.08. The van der Waals surface area contributed by atoms with Crippen molar-refractivity contribution in [2.45, 2.75) is 26.2 Å². The van der Waals surface area contributed by atoms with Crippen molar-refractivity contribution in [2.24, 2.45) is 0 Å². The fourth-order valence-electron chi connectivity index (χ4n) is 2.58. The first kappa shape index (κ1) is 13.1. The Hall–Kier alpha value is -1.87. The highest BCUT2D eigenvalue weighted by atomic mass is 32.1. The molecule has 0 aliphatic heterocycles. The zero-order valence-corrected chi connectivity index (χ0v) is 12.6. The van der Waals surface area contributed by atoms with Crippen LogP contribution in [0.3, 0.4) is 0 Å². The lowest BCUT2D eigenvalue weighted by Crippen LogP contribution is -1.96. The summed E-state index contributed by atoms with van der Waals surface area (Å²) in [5.74, 6) is 0.411. The van der Waals surface area contributed by atoms with Crippen molar-refractivity contribution < 1.29 is 0 Å². The molecule has 2 aromatic carbocycles. The monoisotopic (exact) mass is 282 g/mol. The molecule has 0 amide bonds. The van der Waals surface area contributed by atoms with Crippen LogP contribution in [0.2, 0.25) is 0 Å². The van der Waals surface area contributed by atoms with Crippen molar-refractivity contribution in [3.63, 3.8) is 0 Å². The molecule has 0 atom stereocenters. The van der Waals surface area contributed by atoms with Gasteiger partial charge in [0.1, 0.15) is 0 Å². The summed E-state index contributed by atoms with van der Waals surface area (Å²) in [7, 11) is 0. The molecule has 3 heteroatoms. The van der Waals surface area contributed by atoms with Gasteiger partial charge in [-0.2, -0.15) is 0 Å². The standard InChI is InChI=1S/C17H18N2S/c1-11(2)16-15(20-17(18)19-16)10-13-8-5-7-12-6-3-4-9-14(12)13/h3-9,11H,10H2,1-2H3,(H2,18,19). The molecule has 0 unspecified atom stereocenters. The second-order valence-corrected chi connectivity index (χ2v) is 6.45. The fourth-order valence-corrected chi connectivity index (χ4v) is 3.59. The zero-order valence-electron chi connectivity index (χ0n) is 11.8. The van der Waals surface area contributed by atoms with E-state index in [0.29, 0.717) is 11.0 Å². The molecule has 1 heterocycles. The van der Waals surface area contributed by atoms with Crippen molar-refractivity contribution in [3.8, 4) is 0 Å². The van der Waals surface area contributed by atoms with Crippen LogP contribution in [-0.2, 0) is 6.42 Å². The first-order valence-electron chi connectivity index (χ1n) is 6.87. The topological polar surface area (TPSA) is 38.9 Å². The Labute approximate surface area is 123 Å². The van der Waals surface area contributed by atoms with E-state index in [4.69, 9.17) is 5.73 Å². The lowest BCUT2D eigenvalue weighted by molar-refractivity contribution is 0.820. The van der Waals surface area contributed by atoms with Gasteiger partial charge in [0.25, 0.3) is 0 Å². The van der Waals surface area contributed by atoms with E-state index >= 15 is 0 Å². The van der Waals surface area contributed by atoms with Crippen LogP contribution in [0.5, 0.6) is 0 Å². The summed E-state index contributed by atoms with van der Waals surface area (Å²) in [4.78, 5) is 5.77. The minimum atomic E-state index is 0.411. The van der Waals surface area contributed by atoms with E-state index in [1.54, 1.807) is 11.3 Å². The highest BCUT2D eigenvalue weighted by molar-refractivity contribution is 7.15. The maximum atomic E-state index is 5.89. The van der Waals surface area contributed by atoms with Crippen LogP contribution in [0, 0.1) is 0 Å². The summed E-state index contributed by atoms with van der Waals surface area (Å²) in [5.41, 5.74) is 8.37. The number of thiazole rings is 1. The number of nitrogens with zero attached hydrogens (tertiary/aromatic N) is 1. The summed E-state index contributed by atoms with van der Waals surface area (Å²) >= 11 is 1.61. The molecule has 0 bridgehead atoms. The number of benzene rings is 2. The fraction of sp³-hybridized carbons (Fsp3) is 0.235. The van der Waals surface area contributed by atoms with Crippen molar-refractivity contribution in [3.05, 3.63) is 58.6 Å². The minimum Gasteiger partial charge on any atom is -0.375 e. The summed E-state index contributed by atoms with van der Waals surface area (Å²) < 4.78 is 0. The number of anilines is 1. The number of fused-ring (bicyclic) bond motifs is 1. The van der Waals surface area contributed by atoms with Gasteiger partial charge in [-0.1, -0.05) is 56.3 Å². The van der Waals surface area contributed by atoms with Crippen molar-refractivity contribution >= 4 is 27.2 Å². The maximum Gasteiger partial charge on any atom is 0.180 e. The molecule has 0 saturated carbocycles. The van der Waals surface area contributed by atoms with Crippen LogP contribution in [0.4, 0.5) is 5.13 Å². The van der Waals surface area contributed by atoms with E-state index < -0.39 is 0 Å². The van der Waals surface area contributed by atoms with Gasteiger partial charge < -0.3 is 5.73 Å². The minimum absolute atomic E-state index is 0.411. The SMILES string of the molecule is CC(C)c1nc(N)sc1Cc1cccc2ccccc12. The molecule has 3 aromatic rings. The predicted octanol–water partition coefficient (Wildman–Crippen LogP) is 4.59. The molecule has 0 fully saturated rings. The number of nitrogens with two attached hydrogens (primary N) is 1. The third kappa shape index (κ3) is 2.41. The van der Waals surface area contributed by atoms with Crippen LogP contribution >= 0.6 is 11.3 Å². The summed E-state index contributed by atoms with van der Waals surface area (Å²) in [5, 5.41) is 3.27. The van der Waals surface area contributed by atoms with Crippen LogP contribution in [0.1, 0.15) is 35.9 Å². The van der Waals surface area contributed by atoms with Crippen molar-refractivity contribution in [2.75, 3.05) is 5.73 Å². The molecular weight excluding hydrogens is 264 g/mol. The normalized spacial score (nSPS) is 11.3. The molecule has 0 saturated heterocycles. The molecule has 3 rings (SSSR count). The van der Waals surface area contributed by atoms with E-state index in [2.05, 4.69) is 61.3 Å². The number of nitrogen functional groups attached to an aromatic ring is 1. The Kier molecular flexibility index (Phi) is 3.45. The molecule has 0 aliphatic rings. The average molecular weight is 282 g/mol. The first-order chi connectivity index (χ1) is 9.65. The molecule has 2 N–H and O–H groups in total. The number of hydrogen-bond donors (Lipinski definition) is 1. The van der Waals surface area contributed by atoms with Gasteiger partial charge in [-0.25, -0.2) is 4.98 Å². The van der Waals surface area contributed by atoms with Gasteiger partial charge >= 0.3 is 0 Å². The highest BCUT2D eigenvalue weighted by Gasteiger charge is 2.14. The molecule has 1 aromatic heterocycles. The van der Waals surface area contributed by atoms with Crippen molar-refractivity contribution in [1.82, 2.24) is 4.98 Å². The third-order valence-electron chi connectivity index (χ3n) is 3.52. The Morgan fingerprint density at radius 1 is 1.10 bits per heavy atom. The summed E-state index contributed by atoms with van der Waals surface area (Å²) in [6.45, 7) is 4.34. The second kappa shape index (κ2) is 5.25. The van der Waals surface area contributed by atoms with Crippen molar-refractivity contribution in [1.29, 1.82) is 0 Å². The molecule has 20 heavy (non-hydrogen) atoms. The van der Waals surface area contributed by atoms with Gasteiger partial charge in [-0.15, -0.1) is 11.3 Å². The second-order valence-electron chi connectivity index (χ2n) is 5.33. The predicted molar refractivity (Wildman–Crippen MR) is 87.4 cm³/mol. The molecular formula is C17H18N2S. The van der Waals surface area contributed by atoms with Crippen LogP contribution < -0.4 is 5.73 Å². The Morgan fingerprint density at radius 2 is 1.85 bits per heavy atom. The number of hydrogen-bond acceptors (Lipinski definition) is 3. The number of aromatic nitrogens is 1. The van der Waals surface area contributed by atoms with Gasteiger partial charge in [-0.05, 0) is 22.3 Å². The van der Waals surface area contributed by atoms with Gasteiger partial charge in [0.05, 0.1) is 5.69 Å². The summed E-state index contributed by atoms with van der Waals surface area (Å²) in [6.07, 6.45) is 0.906. The Morgan fingerprint density at radius 3 is 2.65 bits per heavy atom. The quantitative estimate of drug-likeness (QED) is 0.763. The van der Waals surface area contributed by atoms with Crippen LogP contribution in [-0.4, -0.2) is 4.98 Å². The largest absolute Gasteiger partial charge is 0.375 e. The Bertz CT molecular complexity index is 738. The van der Waals surface area contributed by atoms with E-state index in [9.17, 15) is 0 Å². The first-order valence-corrected chi connectivity index (χ1v) is 7.68.